The number of hydrogen-bond donors (Lipinski definition) is 1. The van der Waals surface area contributed by atoms with Crippen molar-refractivity contribution in [3.63, 3.8) is 0 Å². The monoisotopic (exact) mass is 269 g/mol. The molecule has 0 spiro atoms. The van der Waals surface area contributed by atoms with Gasteiger partial charge in [-0.05, 0) is 45.5 Å². The molecule has 0 saturated heterocycles. The third-order valence-corrected chi connectivity index (χ3v) is 4.29. The maximum atomic E-state index is 10.3. The van der Waals surface area contributed by atoms with Crippen LogP contribution >= 0.6 is 0 Å². The summed E-state index contributed by atoms with van der Waals surface area (Å²) in [7, 11) is 0. The van der Waals surface area contributed by atoms with Crippen molar-refractivity contribution in [1.29, 1.82) is 0 Å². The Morgan fingerprint density at radius 3 is 2.62 bits per heavy atom. The SMILES string of the molecule is Oc1cccc2c1-c1c3c(ccc1=N2)=c1ccccc1=C3. The van der Waals surface area contributed by atoms with Gasteiger partial charge in [-0.3, -0.25) is 0 Å². The predicted octanol–water partition coefficient (Wildman–Crippen LogP) is 2.75. The normalized spacial score (nSPS) is 12.8. The minimum Gasteiger partial charge on any atom is -0.507 e. The third-order valence-electron chi connectivity index (χ3n) is 4.29. The molecule has 0 fully saturated rings. The summed E-state index contributed by atoms with van der Waals surface area (Å²) in [5.74, 6) is 0.299. The van der Waals surface area contributed by atoms with Crippen LogP contribution in [0, 0.1) is 10.4 Å². The molecular formula is C19H11NO. The van der Waals surface area contributed by atoms with Gasteiger partial charge in [-0.25, -0.2) is 4.99 Å². The van der Waals surface area contributed by atoms with Gasteiger partial charge in [0.1, 0.15) is 5.75 Å². The second kappa shape index (κ2) is 3.61. The van der Waals surface area contributed by atoms with Crippen LogP contribution in [-0.4, -0.2) is 5.11 Å². The summed E-state index contributed by atoms with van der Waals surface area (Å²) in [6.45, 7) is 0. The van der Waals surface area contributed by atoms with Gasteiger partial charge in [0, 0.05) is 5.56 Å². The highest BCUT2D eigenvalue weighted by Gasteiger charge is 2.21. The number of nitrogens with zero attached hydrogens (tertiary/aromatic N) is 1. The van der Waals surface area contributed by atoms with E-state index in [2.05, 4.69) is 41.4 Å². The highest BCUT2D eigenvalue weighted by atomic mass is 16.3. The Kier molecular flexibility index (Phi) is 1.87. The molecule has 0 aromatic heterocycles. The van der Waals surface area contributed by atoms with Crippen LogP contribution in [0.15, 0.2) is 59.6 Å². The van der Waals surface area contributed by atoms with Crippen molar-refractivity contribution in [2.24, 2.45) is 4.99 Å². The van der Waals surface area contributed by atoms with Crippen LogP contribution in [0.1, 0.15) is 5.56 Å². The molecule has 1 N–H and O–H groups in total. The molecule has 0 saturated carbocycles. The van der Waals surface area contributed by atoms with Crippen LogP contribution in [-0.2, 0) is 0 Å². The molecular weight excluding hydrogens is 258 g/mol. The smallest absolute Gasteiger partial charge is 0.125 e. The van der Waals surface area contributed by atoms with E-state index in [0.717, 1.165) is 27.7 Å². The number of benzene rings is 3. The van der Waals surface area contributed by atoms with Gasteiger partial charge in [0.15, 0.2) is 0 Å². The van der Waals surface area contributed by atoms with Crippen molar-refractivity contribution in [3.8, 4) is 16.9 Å². The van der Waals surface area contributed by atoms with Crippen molar-refractivity contribution in [1.82, 2.24) is 0 Å². The maximum Gasteiger partial charge on any atom is 0.125 e. The fourth-order valence-electron chi connectivity index (χ4n) is 3.38. The topological polar surface area (TPSA) is 32.6 Å². The lowest BCUT2D eigenvalue weighted by Gasteiger charge is -2.05. The average Bonchev–Trinajstić information content (AvgIpc) is 3.05. The van der Waals surface area contributed by atoms with Crippen molar-refractivity contribution < 1.29 is 5.11 Å². The molecule has 1 heterocycles. The Morgan fingerprint density at radius 2 is 1.67 bits per heavy atom. The first-order valence-electron chi connectivity index (χ1n) is 6.98. The Morgan fingerprint density at radius 1 is 0.762 bits per heavy atom. The minimum absolute atomic E-state index is 0.299. The van der Waals surface area contributed by atoms with E-state index in [4.69, 9.17) is 0 Å². The van der Waals surface area contributed by atoms with Gasteiger partial charge >= 0.3 is 0 Å². The molecule has 2 nitrogen and oxygen atoms in total. The van der Waals surface area contributed by atoms with Crippen LogP contribution < -0.4 is 10.6 Å². The summed E-state index contributed by atoms with van der Waals surface area (Å²) in [6.07, 6.45) is 2.19. The van der Waals surface area contributed by atoms with E-state index < -0.39 is 0 Å². The van der Waals surface area contributed by atoms with E-state index >= 15 is 0 Å². The number of aromatic hydroxyl groups is 1. The van der Waals surface area contributed by atoms with Gasteiger partial charge in [-0.1, -0.05) is 36.4 Å². The molecule has 0 atom stereocenters. The largest absolute Gasteiger partial charge is 0.507 e. The van der Waals surface area contributed by atoms with Crippen LogP contribution in [0.3, 0.4) is 0 Å². The van der Waals surface area contributed by atoms with Gasteiger partial charge < -0.3 is 5.11 Å². The van der Waals surface area contributed by atoms with Crippen molar-refractivity contribution in [3.05, 3.63) is 81.2 Å². The molecule has 2 heteroatoms. The number of hydrogen-bond acceptors (Lipinski definition) is 2. The Bertz CT molecular complexity index is 1140. The Labute approximate surface area is 120 Å². The summed E-state index contributed by atoms with van der Waals surface area (Å²) in [4.78, 5) is 4.64. The van der Waals surface area contributed by atoms with Crippen LogP contribution in [0.2, 0.25) is 0 Å². The van der Waals surface area contributed by atoms with E-state index in [9.17, 15) is 5.11 Å². The van der Waals surface area contributed by atoms with Gasteiger partial charge in [-0.15, -0.1) is 0 Å². The highest BCUT2D eigenvalue weighted by Crippen LogP contribution is 2.41. The molecule has 3 aromatic carbocycles. The first-order valence-corrected chi connectivity index (χ1v) is 6.98. The zero-order valence-corrected chi connectivity index (χ0v) is 11.2. The van der Waals surface area contributed by atoms with Gasteiger partial charge in [0.25, 0.3) is 0 Å². The summed E-state index contributed by atoms with van der Waals surface area (Å²) in [5.41, 5.74) is 3.92. The lowest BCUT2D eigenvalue weighted by molar-refractivity contribution is 0.477. The number of phenolic OH excluding ortho intramolecular Hbond substituents is 1. The minimum atomic E-state index is 0.299. The fraction of sp³-hybridized carbons (Fsp3) is 0. The van der Waals surface area contributed by atoms with Gasteiger partial charge in [0.2, 0.25) is 0 Å². The standard InChI is InChI=1S/C19H11NO/c21-17-7-3-6-15-19(17)18-14-10-11-4-1-2-5-12(11)13(14)8-9-16(18)20-15/h1-10,21H. The molecule has 2 aliphatic rings. The van der Waals surface area contributed by atoms with Gasteiger partial charge in [0.05, 0.1) is 16.6 Å². The lowest BCUT2D eigenvalue weighted by Crippen LogP contribution is -2.02. The molecule has 1 aliphatic heterocycles. The molecule has 1 aliphatic carbocycles. The van der Waals surface area contributed by atoms with Crippen LogP contribution in [0.25, 0.3) is 17.2 Å². The molecule has 0 amide bonds. The molecule has 0 unspecified atom stereocenters. The first kappa shape index (κ1) is 10.9. The van der Waals surface area contributed by atoms with E-state index in [1.165, 1.54) is 15.7 Å². The van der Waals surface area contributed by atoms with Gasteiger partial charge in [-0.2, -0.15) is 0 Å². The first-order chi connectivity index (χ1) is 10.3. The molecule has 0 radical (unpaired) electrons. The zero-order chi connectivity index (χ0) is 14.0. The molecule has 0 bridgehead atoms. The average molecular weight is 269 g/mol. The number of phenols is 1. The van der Waals surface area contributed by atoms with Crippen molar-refractivity contribution in [2.75, 3.05) is 0 Å². The van der Waals surface area contributed by atoms with Crippen LogP contribution in [0.4, 0.5) is 5.69 Å². The maximum absolute atomic E-state index is 10.3. The number of fused-ring (bicyclic) bond motifs is 6. The second-order valence-electron chi connectivity index (χ2n) is 5.44. The predicted molar refractivity (Wildman–Crippen MR) is 81.7 cm³/mol. The number of rotatable bonds is 0. The summed E-state index contributed by atoms with van der Waals surface area (Å²) in [5, 5.41) is 14.9. The Balaban J connectivity index is 2.03. The zero-order valence-electron chi connectivity index (χ0n) is 11.2. The third kappa shape index (κ3) is 1.29. The molecule has 3 aromatic rings. The van der Waals surface area contributed by atoms with E-state index in [-0.39, 0.29) is 0 Å². The quantitative estimate of drug-likeness (QED) is 0.460. The molecule has 98 valence electrons. The van der Waals surface area contributed by atoms with Crippen molar-refractivity contribution in [2.45, 2.75) is 0 Å². The summed E-state index contributed by atoms with van der Waals surface area (Å²) < 4.78 is 0. The van der Waals surface area contributed by atoms with E-state index in [1.54, 1.807) is 6.07 Å². The van der Waals surface area contributed by atoms with E-state index in [1.807, 2.05) is 18.2 Å². The second-order valence-corrected chi connectivity index (χ2v) is 5.44. The van der Waals surface area contributed by atoms with E-state index in [0.29, 0.717) is 5.75 Å². The summed E-state index contributed by atoms with van der Waals surface area (Å²) >= 11 is 0. The Hall–Kier alpha value is -2.87. The lowest BCUT2D eigenvalue weighted by atomic mass is 9.98. The fourth-order valence-corrected chi connectivity index (χ4v) is 3.38. The van der Waals surface area contributed by atoms with Crippen LogP contribution in [0.5, 0.6) is 5.75 Å². The van der Waals surface area contributed by atoms with Crippen molar-refractivity contribution >= 4 is 11.8 Å². The molecule has 5 rings (SSSR count). The summed E-state index contributed by atoms with van der Waals surface area (Å²) in [6, 6.07) is 18.1. The highest BCUT2D eigenvalue weighted by molar-refractivity contribution is 5.89. The molecule has 21 heavy (non-hydrogen) atoms.